The highest BCUT2D eigenvalue weighted by Crippen LogP contribution is 2.23. The molecule has 2 aromatic rings. The maximum atomic E-state index is 13.5. The van der Waals surface area contributed by atoms with Crippen molar-refractivity contribution in [2.45, 2.75) is 33.0 Å². The van der Waals surface area contributed by atoms with Crippen LogP contribution in [0.5, 0.6) is 5.75 Å². The third kappa shape index (κ3) is 4.40. The number of aryl methyl sites for hydroxylation is 1. The molecule has 2 rings (SSSR count). The number of nitrogens with one attached hydrogen (secondary N) is 1. The van der Waals surface area contributed by atoms with E-state index >= 15 is 0 Å². The second-order valence-corrected chi connectivity index (χ2v) is 4.49. The molecular weight excluding hydrogens is 283 g/mol. The van der Waals surface area contributed by atoms with Gasteiger partial charge in [0.1, 0.15) is 0 Å². The summed E-state index contributed by atoms with van der Waals surface area (Å²) in [7, 11) is 0. The van der Waals surface area contributed by atoms with E-state index in [4.69, 9.17) is 0 Å². The summed E-state index contributed by atoms with van der Waals surface area (Å²) in [5.41, 5.74) is 1.44. The average Bonchev–Trinajstić information content (AvgIpc) is 2.87. The zero-order valence-corrected chi connectivity index (χ0v) is 11.5. The summed E-state index contributed by atoms with van der Waals surface area (Å²) in [4.78, 5) is 0. The van der Waals surface area contributed by atoms with Crippen molar-refractivity contribution in [1.29, 1.82) is 0 Å². The molecular formula is C14H16F3N3O. The molecule has 0 atom stereocenters. The summed E-state index contributed by atoms with van der Waals surface area (Å²) in [6.07, 6.45) is 4.62. The highest BCUT2D eigenvalue weighted by Gasteiger charge is 2.10. The lowest BCUT2D eigenvalue weighted by Gasteiger charge is -2.09. The van der Waals surface area contributed by atoms with Gasteiger partial charge in [-0.2, -0.15) is 13.9 Å². The van der Waals surface area contributed by atoms with Crippen LogP contribution in [-0.4, -0.2) is 16.4 Å². The van der Waals surface area contributed by atoms with Crippen LogP contribution in [0.1, 0.15) is 18.9 Å². The number of benzene rings is 1. The van der Waals surface area contributed by atoms with Crippen LogP contribution in [0.15, 0.2) is 30.6 Å². The van der Waals surface area contributed by atoms with Gasteiger partial charge in [-0.15, -0.1) is 0 Å². The molecule has 114 valence electrons. The number of nitrogens with zero attached hydrogens (tertiary/aromatic N) is 2. The normalized spacial score (nSPS) is 10.9. The number of aromatic nitrogens is 2. The van der Waals surface area contributed by atoms with Gasteiger partial charge in [-0.1, -0.05) is 6.92 Å². The Hall–Kier alpha value is -2.18. The lowest BCUT2D eigenvalue weighted by Crippen LogP contribution is -2.04. The first-order valence-corrected chi connectivity index (χ1v) is 6.58. The van der Waals surface area contributed by atoms with Crippen LogP contribution in [0.3, 0.4) is 0 Å². The first-order valence-electron chi connectivity index (χ1n) is 6.58. The predicted molar refractivity (Wildman–Crippen MR) is 72.9 cm³/mol. The molecule has 0 spiro atoms. The molecule has 1 heterocycles. The fraction of sp³-hybridized carbons (Fsp3) is 0.357. The number of anilines is 1. The van der Waals surface area contributed by atoms with E-state index < -0.39 is 18.2 Å². The topological polar surface area (TPSA) is 39.1 Å². The predicted octanol–water partition coefficient (Wildman–Crippen LogP) is 3.65. The first kappa shape index (κ1) is 15.2. The van der Waals surface area contributed by atoms with Crippen LogP contribution in [0, 0.1) is 5.82 Å². The summed E-state index contributed by atoms with van der Waals surface area (Å²) >= 11 is 0. The van der Waals surface area contributed by atoms with Gasteiger partial charge in [0.2, 0.25) is 0 Å². The Kier molecular flexibility index (Phi) is 5.08. The largest absolute Gasteiger partial charge is 0.432 e. The van der Waals surface area contributed by atoms with E-state index in [1.54, 1.807) is 6.20 Å². The van der Waals surface area contributed by atoms with Crippen LogP contribution in [-0.2, 0) is 13.1 Å². The van der Waals surface area contributed by atoms with Gasteiger partial charge < -0.3 is 10.1 Å². The van der Waals surface area contributed by atoms with Crippen molar-refractivity contribution in [3.05, 3.63) is 42.0 Å². The van der Waals surface area contributed by atoms with E-state index in [9.17, 15) is 13.2 Å². The van der Waals surface area contributed by atoms with Crippen molar-refractivity contribution >= 4 is 5.69 Å². The minimum atomic E-state index is -3.04. The average molecular weight is 299 g/mol. The molecule has 0 unspecified atom stereocenters. The summed E-state index contributed by atoms with van der Waals surface area (Å²) in [6, 6.07) is 3.77. The molecule has 0 aliphatic carbocycles. The quantitative estimate of drug-likeness (QED) is 0.848. The van der Waals surface area contributed by atoms with Gasteiger partial charge in [0.05, 0.1) is 6.20 Å². The van der Waals surface area contributed by atoms with E-state index in [0.29, 0.717) is 12.2 Å². The fourth-order valence-corrected chi connectivity index (χ4v) is 1.86. The number of ether oxygens (including phenoxy) is 1. The van der Waals surface area contributed by atoms with Crippen LogP contribution >= 0.6 is 0 Å². The van der Waals surface area contributed by atoms with Crippen molar-refractivity contribution in [1.82, 2.24) is 9.78 Å². The van der Waals surface area contributed by atoms with Gasteiger partial charge in [-0.3, -0.25) is 4.68 Å². The van der Waals surface area contributed by atoms with Gasteiger partial charge in [-0.25, -0.2) is 4.39 Å². The second-order valence-electron chi connectivity index (χ2n) is 4.49. The molecule has 0 amide bonds. The van der Waals surface area contributed by atoms with E-state index in [1.165, 1.54) is 12.1 Å². The number of alkyl halides is 2. The second kappa shape index (κ2) is 7.01. The van der Waals surface area contributed by atoms with E-state index in [1.807, 2.05) is 10.9 Å². The van der Waals surface area contributed by atoms with Crippen molar-refractivity contribution in [3.63, 3.8) is 0 Å². The Morgan fingerprint density at radius 1 is 1.38 bits per heavy atom. The first-order chi connectivity index (χ1) is 10.1. The summed E-state index contributed by atoms with van der Waals surface area (Å²) in [6.45, 7) is 0.334. The molecule has 0 aliphatic heterocycles. The molecule has 0 saturated carbocycles. The van der Waals surface area contributed by atoms with Gasteiger partial charge in [-0.05, 0) is 18.6 Å². The van der Waals surface area contributed by atoms with Crippen molar-refractivity contribution in [2.24, 2.45) is 0 Å². The Morgan fingerprint density at radius 2 is 2.19 bits per heavy atom. The highest BCUT2D eigenvalue weighted by atomic mass is 19.3. The molecule has 1 aromatic carbocycles. The molecule has 4 nitrogen and oxygen atoms in total. The van der Waals surface area contributed by atoms with Crippen LogP contribution < -0.4 is 10.1 Å². The molecule has 0 saturated heterocycles. The Bertz CT molecular complexity index is 587. The zero-order valence-electron chi connectivity index (χ0n) is 11.5. The number of rotatable bonds is 7. The molecule has 0 radical (unpaired) electrons. The fourth-order valence-electron chi connectivity index (χ4n) is 1.86. The molecule has 0 aliphatic rings. The molecule has 1 N–H and O–H groups in total. The molecule has 0 bridgehead atoms. The Morgan fingerprint density at radius 3 is 2.86 bits per heavy atom. The number of hydrogen-bond acceptors (Lipinski definition) is 3. The summed E-state index contributed by atoms with van der Waals surface area (Å²) in [5, 5.41) is 7.18. The van der Waals surface area contributed by atoms with Crippen molar-refractivity contribution in [3.8, 4) is 5.75 Å². The van der Waals surface area contributed by atoms with Crippen molar-refractivity contribution in [2.75, 3.05) is 5.32 Å². The van der Waals surface area contributed by atoms with Gasteiger partial charge in [0.25, 0.3) is 0 Å². The van der Waals surface area contributed by atoms with E-state index in [2.05, 4.69) is 22.1 Å². The van der Waals surface area contributed by atoms with E-state index in [0.717, 1.165) is 24.6 Å². The van der Waals surface area contributed by atoms with Gasteiger partial charge >= 0.3 is 6.61 Å². The highest BCUT2D eigenvalue weighted by molar-refractivity contribution is 5.47. The Labute approximate surface area is 120 Å². The van der Waals surface area contributed by atoms with Crippen LogP contribution in [0.2, 0.25) is 0 Å². The van der Waals surface area contributed by atoms with E-state index in [-0.39, 0.29) is 0 Å². The smallest absolute Gasteiger partial charge is 0.387 e. The number of halogens is 3. The zero-order chi connectivity index (χ0) is 15.2. The van der Waals surface area contributed by atoms with Crippen LogP contribution in [0.25, 0.3) is 0 Å². The molecule has 21 heavy (non-hydrogen) atoms. The van der Waals surface area contributed by atoms with Gasteiger partial charge in [0, 0.05) is 36.6 Å². The maximum absolute atomic E-state index is 13.5. The Balaban J connectivity index is 1.94. The number of hydrogen-bond donors (Lipinski definition) is 1. The maximum Gasteiger partial charge on any atom is 0.387 e. The minimum Gasteiger partial charge on any atom is -0.432 e. The van der Waals surface area contributed by atoms with Crippen molar-refractivity contribution < 1.29 is 17.9 Å². The standard InChI is InChI=1S/C14H16F3N3O/c1-2-5-20-9-10(8-19-20)7-18-11-3-4-13(12(15)6-11)21-14(16)17/h3-4,6,8-9,14,18H,2,5,7H2,1H3. The minimum absolute atomic E-state index is 0.466. The van der Waals surface area contributed by atoms with Gasteiger partial charge in [0.15, 0.2) is 11.6 Å². The monoisotopic (exact) mass is 299 g/mol. The molecule has 1 aromatic heterocycles. The van der Waals surface area contributed by atoms with Crippen LogP contribution in [0.4, 0.5) is 18.9 Å². The summed E-state index contributed by atoms with van der Waals surface area (Å²) < 4.78 is 43.4. The lowest BCUT2D eigenvalue weighted by atomic mass is 10.2. The summed E-state index contributed by atoms with van der Waals surface area (Å²) in [5.74, 6) is -1.30. The third-order valence-electron chi connectivity index (χ3n) is 2.78. The SMILES string of the molecule is CCCn1cc(CNc2ccc(OC(F)F)c(F)c2)cn1. The molecule has 0 fully saturated rings. The lowest BCUT2D eigenvalue weighted by molar-refractivity contribution is -0.0521. The third-order valence-corrected chi connectivity index (χ3v) is 2.78. The molecule has 7 heteroatoms.